The van der Waals surface area contributed by atoms with E-state index in [-0.39, 0.29) is 6.10 Å². The predicted octanol–water partition coefficient (Wildman–Crippen LogP) is 5.40. The van der Waals surface area contributed by atoms with Gasteiger partial charge in [0.15, 0.2) is 0 Å². The van der Waals surface area contributed by atoms with Gasteiger partial charge in [-0.05, 0) is 66.5 Å². The van der Waals surface area contributed by atoms with Crippen LogP contribution in [0, 0.1) is 23.7 Å². The second-order valence-electron chi connectivity index (χ2n) is 8.58. The van der Waals surface area contributed by atoms with Gasteiger partial charge in [-0.1, -0.05) is 58.1 Å². The largest absolute Gasteiger partial charge is 0.496 e. The Balaban J connectivity index is 1.61. The first-order valence-corrected chi connectivity index (χ1v) is 10.5. The lowest BCUT2D eigenvalue weighted by atomic mass is 9.73. The molecule has 1 fully saturated rings. The molecule has 140 valence electrons. The Morgan fingerprint density at radius 1 is 1.20 bits per heavy atom. The number of aliphatic hydroxyl groups excluding tert-OH is 1. The number of hydrogen-bond donors (Lipinski definition) is 1. The molecule has 2 aliphatic rings. The molecule has 2 aliphatic carbocycles. The lowest BCUT2D eigenvalue weighted by molar-refractivity contribution is 0.106. The van der Waals surface area contributed by atoms with E-state index in [2.05, 4.69) is 32.0 Å². The van der Waals surface area contributed by atoms with Gasteiger partial charge in [0.05, 0.1) is 13.2 Å². The van der Waals surface area contributed by atoms with E-state index in [9.17, 15) is 5.11 Å². The summed E-state index contributed by atoms with van der Waals surface area (Å²) in [6.45, 7) is 4.67. The van der Waals surface area contributed by atoms with Crippen molar-refractivity contribution in [2.24, 2.45) is 23.7 Å². The lowest BCUT2D eigenvalue weighted by Gasteiger charge is -2.32. The second kappa shape index (κ2) is 8.58. The molecule has 0 unspecified atom stereocenters. The molecule has 1 N–H and O–H groups in total. The molecule has 0 bridgehead atoms. The zero-order valence-electron chi connectivity index (χ0n) is 16.3. The summed E-state index contributed by atoms with van der Waals surface area (Å²) in [5, 5.41) is 10.7. The molecule has 1 aromatic rings. The Labute approximate surface area is 154 Å². The molecular weight excluding hydrogens is 308 g/mol. The van der Waals surface area contributed by atoms with Gasteiger partial charge in [0.2, 0.25) is 0 Å². The SMILES string of the molecule is CCCCC[C@@H](C)CC[C@@H]1[C@H]2Cc3cccc(OC)c3C[C@H]2C[C@H]1O. The van der Waals surface area contributed by atoms with Crippen molar-refractivity contribution in [2.45, 2.75) is 77.7 Å². The van der Waals surface area contributed by atoms with Gasteiger partial charge < -0.3 is 9.84 Å². The third kappa shape index (κ3) is 4.22. The van der Waals surface area contributed by atoms with Gasteiger partial charge in [0.1, 0.15) is 5.75 Å². The first-order chi connectivity index (χ1) is 12.1. The highest BCUT2D eigenvalue weighted by atomic mass is 16.5. The standard InChI is InChI=1S/C23H36O2/c1-4-5-6-8-16(2)11-12-19-20-13-17-9-7-10-23(25-3)21(17)14-18(20)15-22(19)24/h7,9-10,16,18-20,22,24H,4-6,8,11-15H2,1-3H3/t16-,18+,19-,20+,22-/m1/s1. The molecule has 0 amide bonds. The predicted molar refractivity (Wildman–Crippen MR) is 104 cm³/mol. The molecule has 0 saturated heterocycles. The average molecular weight is 345 g/mol. The summed E-state index contributed by atoms with van der Waals surface area (Å²) < 4.78 is 5.58. The van der Waals surface area contributed by atoms with Gasteiger partial charge in [-0.25, -0.2) is 0 Å². The number of benzene rings is 1. The van der Waals surface area contributed by atoms with Crippen LogP contribution in [0.2, 0.25) is 0 Å². The summed E-state index contributed by atoms with van der Waals surface area (Å²) in [4.78, 5) is 0. The van der Waals surface area contributed by atoms with Crippen LogP contribution in [0.3, 0.4) is 0 Å². The summed E-state index contributed by atoms with van der Waals surface area (Å²) in [7, 11) is 1.77. The van der Waals surface area contributed by atoms with E-state index < -0.39 is 0 Å². The molecule has 2 nitrogen and oxygen atoms in total. The molecule has 0 aliphatic heterocycles. The third-order valence-electron chi connectivity index (χ3n) is 6.86. The number of unbranched alkanes of at least 4 members (excludes halogenated alkanes) is 2. The summed E-state index contributed by atoms with van der Waals surface area (Å²) in [6.07, 6.45) is 11.0. The average Bonchev–Trinajstić information content (AvgIpc) is 2.92. The molecule has 5 atom stereocenters. The van der Waals surface area contributed by atoms with Crippen LogP contribution in [0.1, 0.15) is 69.9 Å². The summed E-state index contributed by atoms with van der Waals surface area (Å²) >= 11 is 0. The van der Waals surface area contributed by atoms with Crippen molar-refractivity contribution in [1.82, 2.24) is 0 Å². The number of methoxy groups -OCH3 is 1. The summed E-state index contributed by atoms with van der Waals surface area (Å²) in [6, 6.07) is 6.47. The molecular formula is C23H36O2. The van der Waals surface area contributed by atoms with Gasteiger partial charge in [0.25, 0.3) is 0 Å². The Hall–Kier alpha value is -1.02. The molecule has 0 heterocycles. The van der Waals surface area contributed by atoms with Crippen LogP contribution >= 0.6 is 0 Å². The zero-order valence-corrected chi connectivity index (χ0v) is 16.3. The quantitative estimate of drug-likeness (QED) is 0.639. The van der Waals surface area contributed by atoms with Gasteiger partial charge >= 0.3 is 0 Å². The maximum absolute atomic E-state index is 10.7. The first-order valence-electron chi connectivity index (χ1n) is 10.5. The third-order valence-corrected chi connectivity index (χ3v) is 6.86. The van der Waals surface area contributed by atoms with Gasteiger partial charge in [-0.15, -0.1) is 0 Å². The Morgan fingerprint density at radius 2 is 2.04 bits per heavy atom. The normalized spacial score (nSPS) is 29.1. The summed E-state index contributed by atoms with van der Waals surface area (Å²) in [5.41, 5.74) is 2.85. The molecule has 0 spiro atoms. The fourth-order valence-corrected chi connectivity index (χ4v) is 5.36. The van der Waals surface area contributed by atoms with Crippen LogP contribution in [0.5, 0.6) is 5.75 Å². The van der Waals surface area contributed by atoms with E-state index >= 15 is 0 Å². The van der Waals surface area contributed by atoms with E-state index in [1.54, 1.807) is 7.11 Å². The molecule has 1 saturated carbocycles. The van der Waals surface area contributed by atoms with E-state index in [1.807, 2.05) is 0 Å². The van der Waals surface area contributed by atoms with Crippen LogP contribution in [-0.2, 0) is 12.8 Å². The van der Waals surface area contributed by atoms with Crippen molar-refractivity contribution in [3.05, 3.63) is 29.3 Å². The topological polar surface area (TPSA) is 29.5 Å². The van der Waals surface area contributed by atoms with Gasteiger partial charge in [-0.3, -0.25) is 0 Å². The van der Waals surface area contributed by atoms with Crippen molar-refractivity contribution in [2.75, 3.05) is 7.11 Å². The number of ether oxygens (including phenoxy) is 1. The van der Waals surface area contributed by atoms with E-state index in [1.165, 1.54) is 49.7 Å². The van der Waals surface area contributed by atoms with Crippen LogP contribution in [0.25, 0.3) is 0 Å². The Bertz CT molecular complexity index is 553. The molecule has 25 heavy (non-hydrogen) atoms. The number of aliphatic hydroxyl groups is 1. The Morgan fingerprint density at radius 3 is 2.80 bits per heavy atom. The fourth-order valence-electron chi connectivity index (χ4n) is 5.36. The molecule has 0 radical (unpaired) electrons. The molecule has 1 aromatic carbocycles. The first kappa shape index (κ1) is 18.8. The van der Waals surface area contributed by atoms with Gasteiger partial charge in [-0.2, -0.15) is 0 Å². The van der Waals surface area contributed by atoms with Crippen LogP contribution < -0.4 is 4.74 Å². The van der Waals surface area contributed by atoms with Crippen molar-refractivity contribution in [3.63, 3.8) is 0 Å². The highest BCUT2D eigenvalue weighted by molar-refractivity contribution is 5.43. The summed E-state index contributed by atoms with van der Waals surface area (Å²) in [5.74, 6) is 3.64. The lowest BCUT2D eigenvalue weighted by Crippen LogP contribution is -2.27. The zero-order chi connectivity index (χ0) is 17.8. The minimum atomic E-state index is -0.0989. The fraction of sp³-hybridized carbons (Fsp3) is 0.739. The van der Waals surface area contributed by atoms with E-state index in [4.69, 9.17) is 4.74 Å². The highest BCUT2D eigenvalue weighted by Gasteiger charge is 2.44. The molecule has 2 heteroatoms. The number of fused-ring (bicyclic) bond motifs is 2. The van der Waals surface area contributed by atoms with E-state index in [0.29, 0.717) is 17.8 Å². The minimum Gasteiger partial charge on any atom is -0.496 e. The monoisotopic (exact) mass is 344 g/mol. The van der Waals surface area contributed by atoms with E-state index in [0.717, 1.165) is 30.9 Å². The van der Waals surface area contributed by atoms with Crippen LogP contribution in [-0.4, -0.2) is 18.3 Å². The number of hydrogen-bond acceptors (Lipinski definition) is 2. The maximum atomic E-state index is 10.7. The Kier molecular flexibility index (Phi) is 6.44. The molecule has 0 aromatic heterocycles. The van der Waals surface area contributed by atoms with Crippen molar-refractivity contribution < 1.29 is 9.84 Å². The van der Waals surface area contributed by atoms with Crippen LogP contribution in [0.15, 0.2) is 18.2 Å². The maximum Gasteiger partial charge on any atom is 0.122 e. The van der Waals surface area contributed by atoms with Crippen molar-refractivity contribution >= 4 is 0 Å². The van der Waals surface area contributed by atoms with Gasteiger partial charge in [0, 0.05) is 0 Å². The van der Waals surface area contributed by atoms with Crippen molar-refractivity contribution in [1.29, 1.82) is 0 Å². The molecule has 3 rings (SSSR count). The highest BCUT2D eigenvalue weighted by Crippen LogP contribution is 2.48. The second-order valence-corrected chi connectivity index (χ2v) is 8.58. The van der Waals surface area contributed by atoms with Crippen LogP contribution in [0.4, 0.5) is 0 Å². The number of rotatable bonds is 8. The minimum absolute atomic E-state index is 0.0989. The smallest absolute Gasteiger partial charge is 0.122 e. The van der Waals surface area contributed by atoms with Crippen molar-refractivity contribution in [3.8, 4) is 5.75 Å².